The summed E-state index contributed by atoms with van der Waals surface area (Å²) in [6.07, 6.45) is 6.41. The zero-order valence-corrected chi connectivity index (χ0v) is 13.4. The van der Waals surface area contributed by atoms with Crippen LogP contribution in [0.4, 0.5) is 5.69 Å². The average molecular weight is 308 g/mol. The van der Waals surface area contributed by atoms with Crippen LogP contribution in [0.5, 0.6) is 0 Å². The van der Waals surface area contributed by atoms with Gasteiger partial charge in [0, 0.05) is 35.8 Å². The molecule has 1 amide bonds. The molecule has 23 heavy (non-hydrogen) atoms. The van der Waals surface area contributed by atoms with Gasteiger partial charge in [-0.25, -0.2) is 9.97 Å². The van der Waals surface area contributed by atoms with Crippen molar-refractivity contribution in [3.05, 3.63) is 48.4 Å². The fourth-order valence-electron chi connectivity index (χ4n) is 2.38. The van der Waals surface area contributed by atoms with Crippen molar-refractivity contribution in [2.75, 3.05) is 5.32 Å². The van der Waals surface area contributed by atoms with Crippen LogP contribution in [0.1, 0.15) is 31.9 Å². The topological polar surface area (TPSA) is 59.3 Å². The van der Waals surface area contributed by atoms with E-state index in [1.54, 1.807) is 0 Å². The number of carbonyl (C=O) groups excluding carboxylic acids is 1. The zero-order chi connectivity index (χ0) is 16.2. The van der Waals surface area contributed by atoms with Gasteiger partial charge in [-0.3, -0.25) is 9.20 Å². The van der Waals surface area contributed by atoms with Crippen molar-refractivity contribution in [2.45, 2.75) is 33.1 Å². The maximum Gasteiger partial charge on any atom is 0.234 e. The molecule has 0 saturated carbocycles. The van der Waals surface area contributed by atoms with E-state index >= 15 is 0 Å². The van der Waals surface area contributed by atoms with Gasteiger partial charge in [0.25, 0.3) is 0 Å². The molecule has 0 aliphatic rings. The number of carbonyl (C=O) groups is 1. The third kappa shape index (κ3) is 3.56. The summed E-state index contributed by atoms with van der Waals surface area (Å²) in [4.78, 5) is 20.7. The summed E-state index contributed by atoms with van der Waals surface area (Å²) in [5.74, 6) is 0.754. The summed E-state index contributed by atoms with van der Waals surface area (Å²) in [6.45, 7) is 4.03. The van der Waals surface area contributed by atoms with E-state index in [1.807, 2.05) is 54.0 Å². The molecule has 0 spiro atoms. The van der Waals surface area contributed by atoms with Crippen LogP contribution in [-0.4, -0.2) is 20.3 Å². The number of fused-ring (bicyclic) bond motifs is 1. The summed E-state index contributed by atoms with van der Waals surface area (Å²) in [5, 5.41) is 2.91. The lowest BCUT2D eigenvalue weighted by molar-refractivity contribution is -0.116. The van der Waals surface area contributed by atoms with Crippen LogP contribution >= 0.6 is 0 Å². The van der Waals surface area contributed by atoms with Gasteiger partial charge in [-0.2, -0.15) is 0 Å². The molecule has 0 unspecified atom stereocenters. The summed E-state index contributed by atoms with van der Waals surface area (Å²) >= 11 is 0. The predicted octanol–water partition coefficient (Wildman–Crippen LogP) is 3.83. The van der Waals surface area contributed by atoms with Crippen molar-refractivity contribution in [3.63, 3.8) is 0 Å². The number of nitrogens with zero attached hydrogens (tertiary/aromatic N) is 3. The molecule has 3 aromatic rings. The van der Waals surface area contributed by atoms with E-state index in [2.05, 4.69) is 22.2 Å². The summed E-state index contributed by atoms with van der Waals surface area (Å²) in [5.41, 5.74) is 3.62. The minimum absolute atomic E-state index is 0.0620. The van der Waals surface area contributed by atoms with Gasteiger partial charge in [0.15, 0.2) is 0 Å². The second kappa shape index (κ2) is 6.60. The van der Waals surface area contributed by atoms with E-state index in [9.17, 15) is 4.79 Å². The number of benzene rings is 1. The molecule has 0 aliphatic carbocycles. The van der Waals surface area contributed by atoms with E-state index in [0.29, 0.717) is 12.2 Å². The molecule has 5 heteroatoms. The number of amides is 1. The highest BCUT2D eigenvalue weighted by molar-refractivity contribution is 5.90. The van der Waals surface area contributed by atoms with Crippen molar-refractivity contribution < 1.29 is 4.79 Å². The molecule has 0 atom stereocenters. The Morgan fingerprint density at radius 2 is 1.96 bits per heavy atom. The Kier molecular flexibility index (Phi) is 4.37. The van der Waals surface area contributed by atoms with Crippen LogP contribution in [0.25, 0.3) is 17.0 Å². The van der Waals surface area contributed by atoms with Gasteiger partial charge in [0.1, 0.15) is 0 Å². The second-order valence-electron chi connectivity index (χ2n) is 5.63. The van der Waals surface area contributed by atoms with E-state index < -0.39 is 0 Å². The van der Waals surface area contributed by atoms with Crippen molar-refractivity contribution in [1.29, 1.82) is 0 Å². The minimum Gasteiger partial charge on any atom is -0.326 e. The molecule has 0 bridgehead atoms. The average Bonchev–Trinajstić information content (AvgIpc) is 2.96. The second-order valence-corrected chi connectivity index (χ2v) is 5.63. The number of rotatable bonds is 5. The largest absolute Gasteiger partial charge is 0.326 e. The Morgan fingerprint density at radius 1 is 1.17 bits per heavy atom. The molecule has 3 rings (SSSR count). The SMILES string of the molecule is CCCCC(=O)Nc1ccc(-c2cn3ccc(C)nc3n2)cc1. The lowest BCUT2D eigenvalue weighted by atomic mass is 10.1. The van der Waals surface area contributed by atoms with Crippen LogP contribution in [0.15, 0.2) is 42.7 Å². The summed E-state index contributed by atoms with van der Waals surface area (Å²) in [7, 11) is 0. The molecule has 0 radical (unpaired) electrons. The summed E-state index contributed by atoms with van der Waals surface area (Å²) in [6, 6.07) is 9.69. The molecular formula is C18H20N4O. The molecule has 0 aliphatic heterocycles. The van der Waals surface area contributed by atoms with Gasteiger partial charge in [-0.15, -0.1) is 0 Å². The van der Waals surface area contributed by atoms with Crippen LogP contribution in [-0.2, 0) is 4.79 Å². The molecular weight excluding hydrogens is 288 g/mol. The van der Waals surface area contributed by atoms with Gasteiger partial charge in [0.05, 0.1) is 5.69 Å². The van der Waals surface area contributed by atoms with E-state index in [0.717, 1.165) is 35.5 Å². The maximum absolute atomic E-state index is 11.7. The van der Waals surface area contributed by atoms with Gasteiger partial charge in [0.2, 0.25) is 11.7 Å². The quantitative estimate of drug-likeness (QED) is 0.779. The van der Waals surface area contributed by atoms with Crippen molar-refractivity contribution in [1.82, 2.24) is 14.4 Å². The third-order valence-electron chi connectivity index (χ3n) is 3.69. The molecule has 2 aromatic heterocycles. The van der Waals surface area contributed by atoms with Crippen LogP contribution < -0.4 is 5.32 Å². The van der Waals surface area contributed by atoms with Crippen molar-refractivity contribution in [3.8, 4) is 11.3 Å². The first-order chi connectivity index (χ1) is 11.2. The lowest BCUT2D eigenvalue weighted by Crippen LogP contribution is -2.10. The van der Waals surface area contributed by atoms with Crippen LogP contribution in [0.3, 0.4) is 0 Å². The third-order valence-corrected chi connectivity index (χ3v) is 3.69. The Labute approximate surface area is 135 Å². The molecule has 2 heterocycles. The zero-order valence-electron chi connectivity index (χ0n) is 13.4. The molecule has 1 aromatic carbocycles. The van der Waals surface area contributed by atoms with Crippen LogP contribution in [0, 0.1) is 6.92 Å². The normalized spacial score (nSPS) is 10.9. The monoisotopic (exact) mass is 308 g/mol. The standard InChI is InChI=1S/C18H20N4O/c1-3-4-5-17(23)20-15-8-6-14(7-9-15)16-12-22-11-10-13(2)19-18(22)21-16/h6-12H,3-5H2,1-2H3,(H,20,23). The fraction of sp³-hybridized carbons (Fsp3) is 0.278. The minimum atomic E-state index is 0.0620. The maximum atomic E-state index is 11.7. The Bertz CT molecular complexity index is 821. The fourth-order valence-corrected chi connectivity index (χ4v) is 2.38. The van der Waals surface area contributed by atoms with Crippen LogP contribution in [0.2, 0.25) is 0 Å². The Hall–Kier alpha value is -2.69. The first kappa shape index (κ1) is 15.2. The highest BCUT2D eigenvalue weighted by Gasteiger charge is 2.06. The molecule has 118 valence electrons. The van der Waals surface area contributed by atoms with Gasteiger partial charge >= 0.3 is 0 Å². The first-order valence-electron chi connectivity index (χ1n) is 7.88. The van der Waals surface area contributed by atoms with Gasteiger partial charge in [-0.05, 0) is 31.5 Å². The smallest absolute Gasteiger partial charge is 0.234 e. The molecule has 0 fully saturated rings. The predicted molar refractivity (Wildman–Crippen MR) is 91.3 cm³/mol. The Morgan fingerprint density at radius 3 is 2.70 bits per heavy atom. The number of imidazole rings is 1. The molecule has 5 nitrogen and oxygen atoms in total. The highest BCUT2D eigenvalue weighted by Crippen LogP contribution is 2.21. The number of nitrogens with one attached hydrogen (secondary N) is 1. The highest BCUT2D eigenvalue weighted by atomic mass is 16.1. The molecule has 1 N–H and O–H groups in total. The number of hydrogen-bond donors (Lipinski definition) is 1. The number of unbranched alkanes of at least 4 members (excludes halogenated alkanes) is 1. The van der Waals surface area contributed by atoms with Gasteiger partial charge in [-0.1, -0.05) is 25.5 Å². The van der Waals surface area contributed by atoms with E-state index in [4.69, 9.17) is 0 Å². The van der Waals surface area contributed by atoms with Gasteiger partial charge < -0.3 is 5.32 Å². The van der Waals surface area contributed by atoms with Crippen molar-refractivity contribution in [2.24, 2.45) is 0 Å². The van der Waals surface area contributed by atoms with E-state index in [-0.39, 0.29) is 5.91 Å². The van der Waals surface area contributed by atoms with E-state index in [1.165, 1.54) is 0 Å². The number of aromatic nitrogens is 3. The number of aryl methyl sites for hydroxylation is 1. The summed E-state index contributed by atoms with van der Waals surface area (Å²) < 4.78 is 1.91. The molecule has 0 saturated heterocycles. The first-order valence-corrected chi connectivity index (χ1v) is 7.88. The van der Waals surface area contributed by atoms with Crippen molar-refractivity contribution >= 4 is 17.4 Å². The number of hydrogen-bond acceptors (Lipinski definition) is 3. The lowest BCUT2D eigenvalue weighted by Gasteiger charge is -2.05. The number of anilines is 1. The Balaban J connectivity index is 1.76.